The quantitative estimate of drug-likeness (QED) is 0.341. The Morgan fingerprint density at radius 3 is 2.27 bits per heavy atom. The first-order chi connectivity index (χ1) is 6.84. The van der Waals surface area contributed by atoms with Crippen LogP contribution in [0.4, 0.5) is 13.2 Å². The molecule has 0 fully saturated rings. The first kappa shape index (κ1) is 13.7. The van der Waals surface area contributed by atoms with Crippen LogP contribution in [0, 0.1) is 0 Å². The molecule has 0 aromatic heterocycles. The summed E-state index contributed by atoms with van der Waals surface area (Å²) < 4.78 is 34.8. The smallest absolute Gasteiger partial charge is 0.472 e. The highest BCUT2D eigenvalue weighted by Gasteiger charge is 2.38. The van der Waals surface area contributed by atoms with Crippen LogP contribution < -0.4 is 16.2 Å². The predicted molar refractivity (Wildman–Crippen MR) is 42.7 cm³/mol. The molecule has 15 heavy (non-hydrogen) atoms. The molecule has 0 aromatic rings. The van der Waals surface area contributed by atoms with E-state index in [1.54, 1.807) is 0 Å². The van der Waals surface area contributed by atoms with E-state index in [2.05, 4.69) is 5.32 Å². The summed E-state index contributed by atoms with van der Waals surface area (Å²) in [4.78, 5) is 20.2. The van der Waals surface area contributed by atoms with E-state index in [9.17, 15) is 22.8 Å². The molecule has 0 saturated carbocycles. The van der Waals surface area contributed by atoms with Gasteiger partial charge in [0.15, 0.2) is 0 Å². The molecule has 0 spiro atoms. The van der Waals surface area contributed by atoms with Crippen molar-refractivity contribution in [1.82, 2.24) is 16.2 Å². The van der Waals surface area contributed by atoms with E-state index in [0.717, 1.165) is 0 Å². The van der Waals surface area contributed by atoms with Crippen molar-refractivity contribution in [3.63, 3.8) is 0 Å². The van der Waals surface area contributed by atoms with Crippen LogP contribution in [-0.4, -0.2) is 42.8 Å². The molecule has 0 rings (SSSR count). The summed E-state index contributed by atoms with van der Waals surface area (Å²) in [7, 11) is 0. The van der Waals surface area contributed by atoms with Gasteiger partial charge in [0, 0.05) is 13.1 Å². The standard InChI is InChI=1S/C6H10F3N3O3/c7-6(8,9)5(15)12-11-2-1-10-3-4(13)14/h10-11H,1-3H2,(H,12,15)(H,13,14). The zero-order chi connectivity index (χ0) is 11.9. The molecule has 4 N–H and O–H groups in total. The van der Waals surface area contributed by atoms with Crippen LogP contribution in [0.2, 0.25) is 0 Å². The normalized spacial score (nSPS) is 11.1. The first-order valence-electron chi connectivity index (χ1n) is 3.86. The zero-order valence-corrected chi connectivity index (χ0v) is 7.52. The van der Waals surface area contributed by atoms with Crippen LogP contribution in [-0.2, 0) is 9.59 Å². The second-order valence-corrected chi connectivity index (χ2v) is 2.45. The number of nitrogens with one attached hydrogen (secondary N) is 3. The third-order valence-corrected chi connectivity index (χ3v) is 1.16. The van der Waals surface area contributed by atoms with Crippen molar-refractivity contribution in [2.24, 2.45) is 0 Å². The second-order valence-electron chi connectivity index (χ2n) is 2.45. The van der Waals surface area contributed by atoms with Crippen LogP contribution in [0.15, 0.2) is 0 Å². The average molecular weight is 229 g/mol. The van der Waals surface area contributed by atoms with Crippen LogP contribution in [0.1, 0.15) is 0 Å². The summed E-state index contributed by atoms with van der Waals surface area (Å²) >= 11 is 0. The molecule has 88 valence electrons. The van der Waals surface area contributed by atoms with E-state index in [1.807, 2.05) is 5.43 Å². The van der Waals surface area contributed by atoms with Gasteiger partial charge >= 0.3 is 18.1 Å². The molecule has 0 bridgehead atoms. The van der Waals surface area contributed by atoms with Crippen LogP contribution in [0.3, 0.4) is 0 Å². The molecule has 0 aliphatic carbocycles. The lowest BCUT2D eigenvalue weighted by Crippen LogP contribution is -2.47. The lowest BCUT2D eigenvalue weighted by molar-refractivity contribution is -0.174. The third-order valence-electron chi connectivity index (χ3n) is 1.16. The summed E-state index contributed by atoms with van der Waals surface area (Å²) in [6.07, 6.45) is -4.93. The van der Waals surface area contributed by atoms with Gasteiger partial charge in [0.2, 0.25) is 0 Å². The van der Waals surface area contributed by atoms with E-state index >= 15 is 0 Å². The van der Waals surface area contributed by atoms with Gasteiger partial charge in [0.25, 0.3) is 0 Å². The molecule has 0 atom stereocenters. The number of hydrogen-bond donors (Lipinski definition) is 4. The Morgan fingerprint density at radius 1 is 1.20 bits per heavy atom. The van der Waals surface area contributed by atoms with Crippen molar-refractivity contribution >= 4 is 11.9 Å². The van der Waals surface area contributed by atoms with Gasteiger partial charge < -0.3 is 10.4 Å². The van der Waals surface area contributed by atoms with Crippen molar-refractivity contribution in [1.29, 1.82) is 0 Å². The molecule has 9 heteroatoms. The fraction of sp³-hybridized carbons (Fsp3) is 0.667. The minimum atomic E-state index is -4.93. The molecule has 6 nitrogen and oxygen atoms in total. The maximum absolute atomic E-state index is 11.6. The number of rotatable bonds is 6. The Hall–Kier alpha value is -1.35. The minimum Gasteiger partial charge on any atom is -0.480 e. The van der Waals surface area contributed by atoms with E-state index in [4.69, 9.17) is 5.11 Å². The second kappa shape index (κ2) is 6.19. The van der Waals surface area contributed by atoms with Gasteiger partial charge in [-0.2, -0.15) is 13.2 Å². The molecule has 0 saturated heterocycles. The van der Waals surface area contributed by atoms with Crippen molar-refractivity contribution < 1.29 is 27.9 Å². The number of hydrazine groups is 1. The fourth-order valence-electron chi connectivity index (χ4n) is 0.560. The zero-order valence-electron chi connectivity index (χ0n) is 7.52. The SMILES string of the molecule is O=C(O)CNCCNNC(=O)C(F)(F)F. The highest BCUT2D eigenvalue weighted by Crippen LogP contribution is 2.13. The Balaban J connectivity index is 3.40. The molecule has 0 aliphatic rings. The Bertz CT molecular complexity index is 231. The van der Waals surface area contributed by atoms with Gasteiger partial charge in [-0.15, -0.1) is 0 Å². The third kappa shape index (κ3) is 7.70. The lowest BCUT2D eigenvalue weighted by atomic mass is 10.6. The van der Waals surface area contributed by atoms with Gasteiger partial charge in [0.1, 0.15) is 0 Å². The van der Waals surface area contributed by atoms with Crippen LogP contribution in [0.25, 0.3) is 0 Å². The van der Waals surface area contributed by atoms with Gasteiger partial charge in [-0.1, -0.05) is 0 Å². The molecule has 0 aliphatic heterocycles. The number of alkyl halides is 3. The van der Waals surface area contributed by atoms with Gasteiger partial charge in [0.05, 0.1) is 6.54 Å². The van der Waals surface area contributed by atoms with Gasteiger partial charge in [-0.05, 0) is 0 Å². The van der Waals surface area contributed by atoms with Crippen molar-refractivity contribution in [2.45, 2.75) is 6.18 Å². The molecule has 0 aromatic carbocycles. The minimum absolute atomic E-state index is 0.0188. The van der Waals surface area contributed by atoms with E-state index < -0.39 is 18.1 Å². The Morgan fingerprint density at radius 2 is 1.80 bits per heavy atom. The molecule has 0 radical (unpaired) electrons. The first-order valence-corrected chi connectivity index (χ1v) is 3.86. The number of carboxylic acid groups (broad SMARTS) is 1. The molecule has 1 amide bonds. The maximum atomic E-state index is 11.6. The number of carbonyl (C=O) groups excluding carboxylic acids is 1. The molecular formula is C6H10F3N3O3. The highest BCUT2D eigenvalue weighted by atomic mass is 19.4. The summed E-state index contributed by atoms with van der Waals surface area (Å²) in [6.45, 7) is -0.200. The van der Waals surface area contributed by atoms with Gasteiger partial charge in [-0.25, -0.2) is 5.43 Å². The molecular weight excluding hydrogens is 219 g/mol. The number of aliphatic carboxylic acids is 1. The summed E-state index contributed by atoms with van der Waals surface area (Å²) in [5, 5.41) is 10.6. The van der Waals surface area contributed by atoms with Crippen molar-refractivity contribution in [2.75, 3.05) is 19.6 Å². The predicted octanol–water partition coefficient (Wildman–Crippen LogP) is -1.16. The number of carboxylic acids is 1. The summed E-state index contributed by atoms with van der Waals surface area (Å²) in [6, 6.07) is 0. The summed E-state index contributed by atoms with van der Waals surface area (Å²) in [5.41, 5.74) is 3.40. The molecule has 0 unspecified atom stereocenters. The number of carbonyl (C=O) groups is 2. The largest absolute Gasteiger partial charge is 0.480 e. The Kier molecular flexibility index (Phi) is 5.64. The average Bonchev–Trinajstić information content (AvgIpc) is 2.08. The fourth-order valence-corrected chi connectivity index (χ4v) is 0.560. The number of hydrogen-bond acceptors (Lipinski definition) is 4. The highest BCUT2D eigenvalue weighted by molar-refractivity contribution is 5.81. The van der Waals surface area contributed by atoms with E-state index in [1.165, 1.54) is 5.43 Å². The summed E-state index contributed by atoms with van der Waals surface area (Å²) in [5.74, 6) is -3.17. The lowest BCUT2D eigenvalue weighted by Gasteiger charge is -2.08. The van der Waals surface area contributed by atoms with Gasteiger partial charge in [-0.3, -0.25) is 15.0 Å². The van der Waals surface area contributed by atoms with E-state index in [-0.39, 0.29) is 19.6 Å². The maximum Gasteiger partial charge on any atom is 0.472 e. The van der Waals surface area contributed by atoms with E-state index in [0.29, 0.717) is 0 Å². The van der Waals surface area contributed by atoms with Crippen molar-refractivity contribution in [3.8, 4) is 0 Å². The Labute approximate surface area is 82.8 Å². The topological polar surface area (TPSA) is 90.5 Å². The molecule has 0 heterocycles. The number of amides is 1. The van der Waals surface area contributed by atoms with Crippen LogP contribution in [0.5, 0.6) is 0 Å². The monoisotopic (exact) mass is 229 g/mol. The number of halogens is 3. The van der Waals surface area contributed by atoms with Crippen LogP contribution >= 0.6 is 0 Å². The van der Waals surface area contributed by atoms with Crippen molar-refractivity contribution in [3.05, 3.63) is 0 Å².